The van der Waals surface area contributed by atoms with Crippen LogP contribution >= 0.6 is 11.3 Å². The molecule has 2 rings (SSSR count). The molecule has 0 aliphatic heterocycles. The highest BCUT2D eigenvalue weighted by Gasteiger charge is 2.08. The Morgan fingerprint density at radius 1 is 1.56 bits per heavy atom. The van der Waals surface area contributed by atoms with E-state index in [2.05, 4.69) is 39.7 Å². The van der Waals surface area contributed by atoms with E-state index in [-0.39, 0.29) is 6.04 Å². The van der Waals surface area contributed by atoms with E-state index in [1.807, 2.05) is 10.1 Å². The Hall–Kier alpha value is -1.27. The van der Waals surface area contributed by atoms with Crippen LogP contribution in [-0.2, 0) is 13.1 Å². The van der Waals surface area contributed by atoms with E-state index in [9.17, 15) is 0 Å². The summed E-state index contributed by atoms with van der Waals surface area (Å²) >= 11 is 1.61. The molecule has 6 heteroatoms. The molecule has 0 saturated heterocycles. The second-order valence-corrected chi connectivity index (χ2v) is 4.27. The number of hydrogen-bond donors (Lipinski definition) is 1. The van der Waals surface area contributed by atoms with Gasteiger partial charge in [-0.1, -0.05) is 0 Å². The van der Waals surface area contributed by atoms with Crippen molar-refractivity contribution in [2.24, 2.45) is 0 Å². The third-order valence-corrected chi connectivity index (χ3v) is 3.10. The van der Waals surface area contributed by atoms with Crippen LogP contribution in [0.4, 0.5) is 0 Å². The van der Waals surface area contributed by atoms with Crippen molar-refractivity contribution in [2.45, 2.75) is 33.0 Å². The zero-order valence-electron chi connectivity index (χ0n) is 9.42. The summed E-state index contributed by atoms with van der Waals surface area (Å²) in [5.74, 6) is 0.963. The van der Waals surface area contributed by atoms with E-state index in [1.165, 1.54) is 0 Å². The summed E-state index contributed by atoms with van der Waals surface area (Å²) in [6.07, 6.45) is 1.75. The van der Waals surface area contributed by atoms with Crippen molar-refractivity contribution < 1.29 is 0 Å². The normalized spacial score (nSPS) is 12.9. The molecule has 2 aromatic heterocycles. The Morgan fingerprint density at radius 2 is 2.44 bits per heavy atom. The Bertz CT molecular complexity index is 422. The number of nitrogens with one attached hydrogen (secondary N) is 1. The lowest BCUT2D eigenvalue weighted by Crippen LogP contribution is -2.20. The third-order valence-electron chi connectivity index (χ3n) is 2.50. The smallest absolute Gasteiger partial charge is 0.146 e. The molecule has 0 fully saturated rings. The van der Waals surface area contributed by atoms with E-state index >= 15 is 0 Å². The summed E-state index contributed by atoms with van der Waals surface area (Å²) in [6, 6.07) is 0.244. The molecule has 0 spiro atoms. The summed E-state index contributed by atoms with van der Waals surface area (Å²) in [6.45, 7) is 5.79. The highest BCUT2D eigenvalue weighted by atomic mass is 32.1. The van der Waals surface area contributed by atoms with Crippen LogP contribution in [0.15, 0.2) is 17.2 Å². The second kappa shape index (κ2) is 5.18. The van der Waals surface area contributed by atoms with Crippen LogP contribution in [0.5, 0.6) is 0 Å². The molecule has 1 atom stereocenters. The van der Waals surface area contributed by atoms with Crippen LogP contribution in [0.3, 0.4) is 0 Å². The van der Waals surface area contributed by atoms with Crippen LogP contribution in [0.1, 0.15) is 31.4 Å². The van der Waals surface area contributed by atoms with Crippen molar-refractivity contribution in [1.82, 2.24) is 25.1 Å². The SMILES string of the molecule is CCn1cnnc1CNC(C)c1cscn1. The fourth-order valence-corrected chi connectivity index (χ4v) is 2.11. The average Bonchev–Trinajstić information content (AvgIpc) is 2.96. The van der Waals surface area contributed by atoms with Gasteiger partial charge >= 0.3 is 0 Å². The Balaban J connectivity index is 1.92. The van der Waals surface area contributed by atoms with E-state index in [0.717, 1.165) is 18.1 Å². The molecule has 86 valence electrons. The van der Waals surface area contributed by atoms with Crippen LogP contribution < -0.4 is 5.32 Å². The van der Waals surface area contributed by atoms with Gasteiger partial charge in [0.05, 0.1) is 17.7 Å². The summed E-state index contributed by atoms with van der Waals surface area (Å²) in [7, 11) is 0. The van der Waals surface area contributed by atoms with Crippen molar-refractivity contribution in [1.29, 1.82) is 0 Å². The van der Waals surface area contributed by atoms with Gasteiger partial charge < -0.3 is 9.88 Å². The van der Waals surface area contributed by atoms with Gasteiger partial charge in [0.15, 0.2) is 0 Å². The third kappa shape index (κ3) is 2.45. The van der Waals surface area contributed by atoms with Crippen LogP contribution in [0.2, 0.25) is 0 Å². The van der Waals surface area contributed by atoms with Crippen molar-refractivity contribution in [2.75, 3.05) is 0 Å². The number of aryl methyl sites for hydroxylation is 1. The van der Waals surface area contributed by atoms with Gasteiger partial charge in [0, 0.05) is 18.0 Å². The maximum Gasteiger partial charge on any atom is 0.146 e. The predicted octanol–water partition coefficient (Wildman–Crippen LogP) is 1.61. The molecule has 0 amide bonds. The summed E-state index contributed by atoms with van der Waals surface area (Å²) in [4.78, 5) is 4.27. The number of hydrogen-bond acceptors (Lipinski definition) is 5. The van der Waals surface area contributed by atoms with E-state index in [4.69, 9.17) is 0 Å². The molecule has 16 heavy (non-hydrogen) atoms. The predicted molar refractivity (Wildman–Crippen MR) is 63.1 cm³/mol. The second-order valence-electron chi connectivity index (χ2n) is 3.55. The number of nitrogens with zero attached hydrogens (tertiary/aromatic N) is 4. The molecule has 1 N–H and O–H groups in total. The van der Waals surface area contributed by atoms with Crippen molar-refractivity contribution in [3.63, 3.8) is 0 Å². The Kier molecular flexibility index (Phi) is 3.63. The lowest BCUT2D eigenvalue weighted by molar-refractivity contribution is 0.532. The molecule has 0 aromatic carbocycles. The molecule has 0 aliphatic rings. The number of aromatic nitrogens is 4. The molecular weight excluding hydrogens is 222 g/mol. The Morgan fingerprint density at radius 3 is 3.12 bits per heavy atom. The van der Waals surface area contributed by atoms with Gasteiger partial charge in [0.1, 0.15) is 12.2 Å². The van der Waals surface area contributed by atoms with Gasteiger partial charge in [0.2, 0.25) is 0 Å². The van der Waals surface area contributed by atoms with Gasteiger partial charge in [-0.3, -0.25) is 0 Å². The molecular formula is C10H15N5S. The van der Waals surface area contributed by atoms with Crippen LogP contribution in [-0.4, -0.2) is 19.7 Å². The van der Waals surface area contributed by atoms with E-state index in [1.54, 1.807) is 17.7 Å². The summed E-state index contributed by atoms with van der Waals surface area (Å²) in [5, 5.41) is 13.4. The number of rotatable bonds is 5. The Labute approximate surface area is 98.5 Å². The molecule has 2 aromatic rings. The first kappa shape index (κ1) is 11.2. The topological polar surface area (TPSA) is 55.6 Å². The standard InChI is InChI=1S/C10H15N5S/c1-3-15-6-13-14-10(15)4-11-8(2)9-5-16-7-12-9/h5-8,11H,3-4H2,1-2H3. The van der Waals surface area contributed by atoms with E-state index < -0.39 is 0 Å². The highest BCUT2D eigenvalue weighted by molar-refractivity contribution is 7.07. The van der Waals surface area contributed by atoms with Crippen LogP contribution in [0.25, 0.3) is 0 Å². The zero-order chi connectivity index (χ0) is 11.4. The lowest BCUT2D eigenvalue weighted by Gasteiger charge is -2.11. The van der Waals surface area contributed by atoms with E-state index in [0.29, 0.717) is 6.54 Å². The molecule has 5 nitrogen and oxygen atoms in total. The first-order chi connectivity index (χ1) is 7.81. The van der Waals surface area contributed by atoms with Crippen molar-refractivity contribution in [3.05, 3.63) is 28.7 Å². The van der Waals surface area contributed by atoms with Gasteiger partial charge in [-0.05, 0) is 13.8 Å². The zero-order valence-corrected chi connectivity index (χ0v) is 10.2. The largest absolute Gasteiger partial charge is 0.317 e. The minimum Gasteiger partial charge on any atom is -0.317 e. The quantitative estimate of drug-likeness (QED) is 0.858. The molecule has 0 saturated carbocycles. The lowest BCUT2D eigenvalue weighted by atomic mass is 10.2. The maximum atomic E-state index is 4.27. The molecule has 0 radical (unpaired) electrons. The monoisotopic (exact) mass is 237 g/mol. The summed E-state index contributed by atoms with van der Waals surface area (Å²) in [5.41, 5.74) is 2.93. The minimum absolute atomic E-state index is 0.244. The molecule has 1 unspecified atom stereocenters. The van der Waals surface area contributed by atoms with Gasteiger partial charge in [-0.25, -0.2) is 4.98 Å². The van der Waals surface area contributed by atoms with Gasteiger partial charge in [0.25, 0.3) is 0 Å². The fraction of sp³-hybridized carbons (Fsp3) is 0.500. The van der Waals surface area contributed by atoms with Crippen molar-refractivity contribution >= 4 is 11.3 Å². The van der Waals surface area contributed by atoms with Gasteiger partial charge in [-0.2, -0.15) is 0 Å². The summed E-state index contributed by atoms with van der Waals surface area (Å²) < 4.78 is 2.03. The first-order valence-electron chi connectivity index (χ1n) is 5.29. The minimum atomic E-state index is 0.244. The first-order valence-corrected chi connectivity index (χ1v) is 6.23. The van der Waals surface area contributed by atoms with Crippen LogP contribution in [0, 0.1) is 0 Å². The number of thiazole rings is 1. The molecule has 0 aliphatic carbocycles. The fourth-order valence-electron chi connectivity index (χ4n) is 1.46. The molecule has 0 bridgehead atoms. The highest BCUT2D eigenvalue weighted by Crippen LogP contribution is 2.12. The van der Waals surface area contributed by atoms with Gasteiger partial charge in [-0.15, -0.1) is 21.5 Å². The maximum absolute atomic E-state index is 4.27. The molecule has 2 heterocycles. The van der Waals surface area contributed by atoms with Crippen molar-refractivity contribution in [3.8, 4) is 0 Å². The average molecular weight is 237 g/mol.